The molecule has 0 spiro atoms. The summed E-state index contributed by atoms with van der Waals surface area (Å²) in [5, 5.41) is 10.3. The average Bonchev–Trinajstić information content (AvgIpc) is 2.46. The molecule has 1 fully saturated rings. The van der Waals surface area contributed by atoms with Gasteiger partial charge in [0, 0.05) is 26.2 Å². The van der Waals surface area contributed by atoms with E-state index in [-0.39, 0.29) is 6.10 Å². The molecule has 1 N–H and O–H groups in total. The van der Waals surface area contributed by atoms with E-state index in [0.717, 1.165) is 18.7 Å². The maximum atomic E-state index is 12.6. The third-order valence-electron chi connectivity index (χ3n) is 3.85. The molecule has 0 aliphatic carbocycles. The first-order chi connectivity index (χ1) is 10.8. The minimum atomic E-state index is -4.35. The maximum Gasteiger partial charge on any atom is 0.416 e. The van der Waals surface area contributed by atoms with E-state index in [4.69, 9.17) is 4.74 Å². The summed E-state index contributed by atoms with van der Waals surface area (Å²) >= 11 is 0. The van der Waals surface area contributed by atoms with Crippen molar-refractivity contribution in [2.45, 2.75) is 18.4 Å². The van der Waals surface area contributed by atoms with Gasteiger partial charge in [-0.2, -0.15) is 13.2 Å². The van der Waals surface area contributed by atoms with Crippen molar-refractivity contribution in [3.8, 4) is 0 Å². The molecule has 1 heterocycles. The minimum Gasteiger partial charge on any atom is -0.387 e. The predicted octanol–water partition coefficient (Wildman–Crippen LogP) is 2.00. The molecule has 23 heavy (non-hydrogen) atoms. The molecule has 130 valence electrons. The fraction of sp³-hybridized carbons (Fsp3) is 0.625. The Hall–Kier alpha value is -1.15. The van der Waals surface area contributed by atoms with Gasteiger partial charge in [0.1, 0.15) is 0 Å². The van der Waals surface area contributed by atoms with Gasteiger partial charge in [-0.3, -0.25) is 4.90 Å². The highest BCUT2D eigenvalue weighted by Gasteiger charge is 2.30. The van der Waals surface area contributed by atoms with Crippen molar-refractivity contribution >= 4 is 0 Å². The van der Waals surface area contributed by atoms with E-state index in [9.17, 15) is 18.3 Å². The molecule has 2 rings (SSSR count). The Morgan fingerprint density at radius 2 is 1.96 bits per heavy atom. The number of benzene rings is 1. The molecule has 0 saturated carbocycles. The van der Waals surface area contributed by atoms with Crippen LogP contribution in [0.4, 0.5) is 13.2 Å². The molecule has 1 aliphatic rings. The summed E-state index contributed by atoms with van der Waals surface area (Å²) in [6, 6.07) is 4.69. The number of halogens is 3. The first kappa shape index (κ1) is 18.2. The molecule has 1 aromatic carbocycles. The van der Waals surface area contributed by atoms with E-state index in [1.165, 1.54) is 12.1 Å². The van der Waals surface area contributed by atoms with Gasteiger partial charge in [-0.15, -0.1) is 0 Å². The minimum absolute atomic E-state index is 0.0820. The molecule has 7 heteroatoms. The van der Waals surface area contributed by atoms with E-state index in [1.54, 1.807) is 0 Å². The second-order valence-corrected chi connectivity index (χ2v) is 6.15. The number of rotatable bonds is 5. The van der Waals surface area contributed by atoms with E-state index >= 15 is 0 Å². The van der Waals surface area contributed by atoms with Gasteiger partial charge < -0.3 is 14.7 Å². The molecule has 1 aromatic rings. The Labute approximate surface area is 134 Å². The molecule has 0 unspecified atom stereocenters. The molecule has 1 saturated heterocycles. The van der Waals surface area contributed by atoms with Gasteiger partial charge in [-0.1, -0.05) is 12.1 Å². The Morgan fingerprint density at radius 1 is 1.30 bits per heavy atom. The van der Waals surface area contributed by atoms with Gasteiger partial charge in [-0.05, 0) is 31.8 Å². The van der Waals surface area contributed by atoms with Crippen LogP contribution < -0.4 is 0 Å². The first-order valence-electron chi connectivity index (χ1n) is 7.59. The van der Waals surface area contributed by atoms with Crippen LogP contribution in [0, 0.1) is 0 Å². The van der Waals surface area contributed by atoms with Crippen molar-refractivity contribution in [1.82, 2.24) is 9.80 Å². The number of aliphatic hydroxyl groups is 1. The zero-order chi connectivity index (χ0) is 17.0. The maximum absolute atomic E-state index is 12.6. The lowest BCUT2D eigenvalue weighted by Gasteiger charge is -2.35. The number of likely N-dealkylation sites (N-methyl/N-ethyl adjacent to an activating group) is 1. The monoisotopic (exact) mass is 332 g/mol. The van der Waals surface area contributed by atoms with Crippen molar-refractivity contribution in [2.75, 3.05) is 46.9 Å². The molecule has 2 atom stereocenters. The Bertz CT molecular complexity index is 491. The number of aliphatic hydroxyl groups excluding tert-OH is 1. The van der Waals surface area contributed by atoms with Gasteiger partial charge in [0.25, 0.3) is 0 Å². The molecule has 0 radical (unpaired) electrons. The largest absolute Gasteiger partial charge is 0.416 e. The van der Waals surface area contributed by atoms with E-state index in [2.05, 4.69) is 4.90 Å². The van der Waals surface area contributed by atoms with Crippen LogP contribution in [0.15, 0.2) is 24.3 Å². The first-order valence-corrected chi connectivity index (χ1v) is 7.59. The molecule has 0 bridgehead atoms. The van der Waals surface area contributed by atoms with Crippen LogP contribution in [0.1, 0.15) is 17.2 Å². The van der Waals surface area contributed by atoms with Gasteiger partial charge in [-0.25, -0.2) is 0 Å². The van der Waals surface area contributed by atoms with Gasteiger partial charge >= 0.3 is 6.18 Å². The molecular formula is C16H23F3N2O2. The number of alkyl halides is 3. The van der Waals surface area contributed by atoms with Crippen molar-refractivity contribution in [2.24, 2.45) is 0 Å². The summed E-state index contributed by atoms with van der Waals surface area (Å²) in [6.07, 6.45) is -5.08. The van der Waals surface area contributed by atoms with Crippen LogP contribution >= 0.6 is 0 Å². The smallest absolute Gasteiger partial charge is 0.387 e. The van der Waals surface area contributed by atoms with Crippen molar-refractivity contribution < 1.29 is 23.0 Å². The fourth-order valence-corrected chi connectivity index (χ4v) is 2.71. The Balaban J connectivity index is 1.92. The third-order valence-corrected chi connectivity index (χ3v) is 3.85. The van der Waals surface area contributed by atoms with Crippen molar-refractivity contribution in [3.63, 3.8) is 0 Å². The summed E-state index contributed by atoms with van der Waals surface area (Å²) in [6.45, 7) is 3.20. The SMILES string of the molecule is CN(C)C[C@H]1CN(C[C@@H](O)c2ccc(C(F)(F)F)cc2)CCO1. The van der Waals surface area contributed by atoms with E-state index in [1.807, 2.05) is 19.0 Å². The van der Waals surface area contributed by atoms with Gasteiger partial charge in [0.2, 0.25) is 0 Å². The van der Waals surface area contributed by atoms with Crippen LogP contribution in [0.5, 0.6) is 0 Å². The summed E-state index contributed by atoms with van der Waals surface area (Å²) in [7, 11) is 3.94. The highest BCUT2D eigenvalue weighted by molar-refractivity contribution is 5.26. The van der Waals surface area contributed by atoms with Gasteiger partial charge in [0.15, 0.2) is 0 Å². The zero-order valence-corrected chi connectivity index (χ0v) is 13.4. The molecular weight excluding hydrogens is 309 g/mol. The predicted molar refractivity (Wildman–Crippen MR) is 81.1 cm³/mol. The van der Waals surface area contributed by atoms with Crippen LogP contribution in [0.25, 0.3) is 0 Å². The fourth-order valence-electron chi connectivity index (χ4n) is 2.71. The highest BCUT2D eigenvalue weighted by Crippen LogP contribution is 2.30. The van der Waals surface area contributed by atoms with Crippen LogP contribution in [-0.2, 0) is 10.9 Å². The number of hydrogen-bond acceptors (Lipinski definition) is 4. The lowest BCUT2D eigenvalue weighted by molar-refractivity contribution is -0.137. The summed E-state index contributed by atoms with van der Waals surface area (Å²) in [4.78, 5) is 4.13. The molecule has 0 amide bonds. The highest BCUT2D eigenvalue weighted by atomic mass is 19.4. The lowest BCUT2D eigenvalue weighted by atomic mass is 10.1. The molecule has 0 aromatic heterocycles. The number of ether oxygens (including phenoxy) is 1. The standard InChI is InChI=1S/C16H23F3N2O2/c1-20(2)9-14-10-21(7-8-23-14)11-15(22)12-3-5-13(6-4-12)16(17,18)19/h3-6,14-15,22H,7-11H2,1-2H3/t14-,15+/m0/s1. The molecule has 4 nitrogen and oxygen atoms in total. The second-order valence-electron chi connectivity index (χ2n) is 6.15. The van der Waals surface area contributed by atoms with Crippen LogP contribution in [-0.4, -0.2) is 67.9 Å². The quantitative estimate of drug-likeness (QED) is 0.895. The van der Waals surface area contributed by atoms with Crippen LogP contribution in [0.3, 0.4) is 0 Å². The summed E-state index contributed by atoms with van der Waals surface area (Å²) in [5.41, 5.74) is -0.209. The number of nitrogens with zero attached hydrogens (tertiary/aromatic N) is 2. The molecule has 1 aliphatic heterocycles. The normalized spacial score (nSPS) is 21.6. The van der Waals surface area contributed by atoms with Crippen molar-refractivity contribution in [3.05, 3.63) is 35.4 Å². The Morgan fingerprint density at radius 3 is 2.52 bits per heavy atom. The van der Waals surface area contributed by atoms with Crippen LogP contribution in [0.2, 0.25) is 0 Å². The second kappa shape index (κ2) is 7.61. The number of hydrogen-bond donors (Lipinski definition) is 1. The topological polar surface area (TPSA) is 35.9 Å². The number of morpholine rings is 1. The van der Waals surface area contributed by atoms with Crippen molar-refractivity contribution in [1.29, 1.82) is 0 Å². The van der Waals surface area contributed by atoms with E-state index in [0.29, 0.717) is 31.8 Å². The zero-order valence-electron chi connectivity index (χ0n) is 13.4. The average molecular weight is 332 g/mol. The van der Waals surface area contributed by atoms with Gasteiger partial charge in [0.05, 0.1) is 24.4 Å². The third kappa shape index (κ3) is 5.46. The summed E-state index contributed by atoms with van der Waals surface area (Å²) < 4.78 is 43.3. The Kier molecular flexibility index (Phi) is 6.02. The lowest BCUT2D eigenvalue weighted by Crippen LogP contribution is -2.47. The van der Waals surface area contributed by atoms with E-state index < -0.39 is 17.8 Å². The summed E-state index contributed by atoms with van der Waals surface area (Å²) in [5.74, 6) is 0. The number of β-amino-alcohol motifs (C(OH)–C–C–N with tert-alkyl or cyclic N) is 1.